The molecular weight excluding hydrogens is 172 g/mol. The summed E-state index contributed by atoms with van der Waals surface area (Å²) in [6.45, 7) is 5.62. The van der Waals surface area contributed by atoms with Crippen LogP contribution in [0.5, 0.6) is 0 Å². The van der Waals surface area contributed by atoms with Crippen LogP contribution in [0.1, 0.15) is 39.5 Å². The largest absolute Gasteiger partial charge is 0.326 e. The molecule has 1 heterocycles. The molecule has 0 aliphatic carbocycles. The van der Waals surface area contributed by atoms with E-state index in [4.69, 9.17) is 0 Å². The van der Waals surface area contributed by atoms with Crippen LogP contribution in [0.2, 0.25) is 0 Å². The summed E-state index contributed by atoms with van der Waals surface area (Å²) in [5, 5.41) is 0. The molecule has 1 atom stereocenters. The Labute approximate surface area is 87.3 Å². The zero-order valence-corrected chi connectivity index (χ0v) is 9.37. The molecule has 0 radical (unpaired) electrons. The smallest absolute Gasteiger partial charge is 0.0341 e. The van der Waals surface area contributed by atoms with Gasteiger partial charge in [-0.05, 0) is 24.5 Å². The van der Waals surface area contributed by atoms with Gasteiger partial charge in [-0.25, -0.2) is 0 Å². The van der Waals surface area contributed by atoms with Gasteiger partial charge in [0.25, 0.3) is 0 Å². The van der Waals surface area contributed by atoms with E-state index in [1.165, 1.54) is 25.7 Å². The molecule has 0 aromatic carbocycles. The van der Waals surface area contributed by atoms with E-state index in [0.29, 0.717) is 0 Å². The Balaban J connectivity index is 2.20. The van der Waals surface area contributed by atoms with Crippen LogP contribution in [0.3, 0.4) is 0 Å². The maximum atomic E-state index is 3.40. The molecule has 14 heavy (non-hydrogen) atoms. The van der Waals surface area contributed by atoms with Crippen LogP contribution in [0.4, 0.5) is 0 Å². The molecule has 0 aliphatic heterocycles. The number of hydrogen-bond acceptors (Lipinski definition) is 1. The molecule has 0 bridgehead atoms. The topological polar surface area (TPSA) is 17.0 Å². The van der Waals surface area contributed by atoms with Crippen LogP contribution in [0.25, 0.3) is 0 Å². The van der Waals surface area contributed by atoms with Gasteiger partial charge in [0.15, 0.2) is 0 Å². The molecule has 0 saturated carbocycles. The van der Waals surface area contributed by atoms with Crippen LogP contribution in [-0.2, 0) is 0 Å². The van der Waals surface area contributed by atoms with E-state index in [1.807, 2.05) is 29.2 Å². The lowest BCUT2D eigenvalue weighted by molar-refractivity contribution is 0.459. The van der Waals surface area contributed by atoms with Crippen molar-refractivity contribution >= 4 is 0 Å². The van der Waals surface area contributed by atoms with Gasteiger partial charge in [0.05, 0.1) is 0 Å². The molecule has 1 rings (SSSR count). The number of aromatic nitrogens is 1. The maximum Gasteiger partial charge on any atom is 0.0341 e. The summed E-state index contributed by atoms with van der Waals surface area (Å²) in [5.74, 6) is 0.817. The standard InChI is InChI=1S/C12H22N2/c1-3-5-8-12(4-2)11-13-14-9-6-7-10-14/h6-7,9-10,12-13H,3-5,8,11H2,1-2H3. The van der Waals surface area contributed by atoms with Crippen molar-refractivity contribution in [3.63, 3.8) is 0 Å². The lowest BCUT2D eigenvalue weighted by Gasteiger charge is -2.16. The fourth-order valence-electron chi connectivity index (χ4n) is 1.62. The van der Waals surface area contributed by atoms with Crippen LogP contribution >= 0.6 is 0 Å². The minimum absolute atomic E-state index is 0.817. The molecule has 2 heteroatoms. The first-order valence-electron chi connectivity index (χ1n) is 5.73. The van der Waals surface area contributed by atoms with Crippen molar-refractivity contribution in [2.45, 2.75) is 39.5 Å². The van der Waals surface area contributed by atoms with Gasteiger partial charge >= 0.3 is 0 Å². The summed E-state index contributed by atoms with van der Waals surface area (Å²) in [6, 6.07) is 4.08. The molecule has 0 fully saturated rings. The van der Waals surface area contributed by atoms with Crippen LogP contribution in [0, 0.1) is 5.92 Å². The lowest BCUT2D eigenvalue weighted by atomic mass is 10.00. The van der Waals surface area contributed by atoms with Gasteiger partial charge in [-0.2, -0.15) is 0 Å². The summed E-state index contributed by atoms with van der Waals surface area (Å²) < 4.78 is 2.04. The van der Waals surface area contributed by atoms with E-state index in [9.17, 15) is 0 Å². The molecule has 0 saturated heterocycles. The van der Waals surface area contributed by atoms with Gasteiger partial charge in [0, 0.05) is 18.9 Å². The number of unbranched alkanes of at least 4 members (excludes halogenated alkanes) is 1. The Kier molecular flexibility index (Phi) is 5.20. The predicted octanol–water partition coefficient (Wildman–Crippen LogP) is 3.25. The third-order valence-electron chi connectivity index (χ3n) is 2.71. The SMILES string of the molecule is CCCCC(CC)CNn1cccc1. The fraction of sp³-hybridized carbons (Fsp3) is 0.667. The molecular formula is C12H22N2. The van der Waals surface area contributed by atoms with Crippen LogP contribution < -0.4 is 5.43 Å². The van der Waals surface area contributed by atoms with Crippen molar-refractivity contribution in [2.75, 3.05) is 12.0 Å². The van der Waals surface area contributed by atoms with Crippen LogP contribution in [-0.4, -0.2) is 11.2 Å². The highest BCUT2D eigenvalue weighted by molar-refractivity contribution is 4.93. The van der Waals surface area contributed by atoms with Crippen LogP contribution in [0.15, 0.2) is 24.5 Å². The minimum Gasteiger partial charge on any atom is -0.326 e. The molecule has 2 nitrogen and oxygen atoms in total. The Morgan fingerprint density at radius 2 is 1.93 bits per heavy atom. The van der Waals surface area contributed by atoms with E-state index in [-0.39, 0.29) is 0 Å². The molecule has 80 valence electrons. The second-order valence-corrected chi connectivity index (χ2v) is 3.87. The highest BCUT2D eigenvalue weighted by Crippen LogP contribution is 2.11. The first-order valence-corrected chi connectivity index (χ1v) is 5.73. The molecule has 1 aromatic rings. The Morgan fingerprint density at radius 3 is 2.50 bits per heavy atom. The van der Waals surface area contributed by atoms with E-state index < -0.39 is 0 Å². The van der Waals surface area contributed by atoms with Gasteiger partial charge in [0.1, 0.15) is 0 Å². The molecule has 0 aliphatic rings. The summed E-state index contributed by atoms with van der Waals surface area (Å²) in [5.41, 5.74) is 3.40. The molecule has 0 spiro atoms. The summed E-state index contributed by atoms with van der Waals surface area (Å²) in [6.07, 6.45) is 9.38. The lowest BCUT2D eigenvalue weighted by Crippen LogP contribution is -2.20. The van der Waals surface area contributed by atoms with E-state index in [2.05, 4.69) is 19.3 Å². The van der Waals surface area contributed by atoms with Gasteiger partial charge in [-0.3, -0.25) is 4.68 Å². The molecule has 1 N–H and O–H groups in total. The van der Waals surface area contributed by atoms with Gasteiger partial charge < -0.3 is 5.43 Å². The van der Waals surface area contributed by atoms with Crippen molar-refractivity contribution < 1.29 is 0 Å². The monoisotopic (exact) mass is 194 g/mol. The first kappa shape index (κ1) is 11.2. The number of hydrogen-bond donors (Lipinski definition) is 1. The quantitative estimate of drug-likeness (QED) is 0.705. The molecule has 1 aromatic heterocycles. The average Bonchev–Trinajstić information content (AvgIpc) is 2.71. The zero-order valence-electron chi connectivity index (χ0n) is 9.37. The average molecular weight is 194 g/mol. The Bertz CT molecular complexity index is 216. The van der Waals surface area contributed by atoms with E-state index in [0.717, 1.165) is 12.5 Å². The van der Waals surface area contributed by atoms with Crippen molar-refractivity contribution in [2.24, 2.45) is 5.92 Å². The van der Waals surface area contributed by atoms with Crippen molar-refractivity contribution in [3.8, 4) is 0 Å². The highest BCUT2D eigenvalue weighted by Gasteiger charge is 2.04. The second-order valence-electron chi connectivity index (χ2n) is 3.87. The minimum atomic E-state index is 0.817. The Hall–Kier alpha value is -0.920. The second kappa shape index (κ2) is 6.52. The maximum absolute atomic E-state index is 3.40. The van der Waals surface area contributed by atoms with Gasteiger partial charge in [-0.1, -0.05) is 33.1 Å². The Morgan fingerprint density at radius 1 is 1.21 bits per heavy atom. The number of rotatable bonds is 7. The normalized spacial score (nSPS) is 12.7. The van der Waals surface area contributed by atoms with Crippen molar-refractivity contribution in [1.29, 1.82) is 0 Å². The van der Waals surface area contributed by atoms with Gasteiger partial charge in [-0.15, -0.1) is 0 Å². The fourth-order valence-corrected chi connectivity index (χ4v) is 1.62. The van der Waals surface area contributed by atoms with Gasteiger partial charge in [0.2, 0.25) is 0 Å². The summed E-state index contributed by atoms with van der Waals surface area (Å²) in [4.78, 5) is 0. The number of nitrogens with one attached hydrogen (secondary N) is 1. The predicted molar refractivity (Wildman–Crippen MR) is 62.0 cm³/mol. The third-order valence-corrected chi connectivity index (χ3v) is 2.71. The van der Waals surface area contributed by atoms with Crippen molar-refractivity contribution in [1.82, 2.24) is 4.68 Å². The zero-order chi connectivity index (χ0) is 10.2. The highest BCUT2D eigenvalue weighted by atomic mass is 15.4. The molecule has 0 amide bonds. The third kappa shape index (κ3) is 3.86. The first-order chi connectivity index (χ1) is 6.86. The van der Waals surface area contributed by atoms with E-state index >= 15 is 0 Å². The molecule has 1 unspecified atom stereocenters. The summed E-state index contributed by atoms with van der Waals surface area (Å²) >= 11 is 0. The summed E-state index contributed by atoms with van der Waals surface area (Å²) in [7, 11) is 0. The number of nitrogens with zero attached hydrogens (tertiary/aromatic N) is 1. The van der Waals surface area contributed by atoms with Crippen molar-refractivity contribution in [3.05, 3.63) is 24.5 Å². The van der Waals surface area contributed by atoms with E-state index in [1.54, 1.807) is 0 Å².